The van der Waals surface area contributed by atoms with Crippen LogP contribution in [0.4, 0.5) is 0 Å². The molecule has 0 atom stereocenters. The number of nitrogens with zero attached hydrogens (tertiary/aromatic N) is 4. The molecule has 3 heterocycles. The summed E-state index contributed by atoms with van der Waals surface area (Å²) < 4.78 is 4.95. The second kappa shape index (κ2) is 15.2. The summed E-state index contributed by atoms with van der Waals surface area (Å²) in [6.45, 7) is 0. The lowest BCUT2D eigenvalue weighted by Gasteiger charge is -2.15. The van der Waals surface area contributed by atoms with E-state index < -0.39 is 0 Å². The summed E-state index contributed by atoms with van der Waals surface area (Å²) in [6, 6.07) is 83.5. The van der Waals surface area contributed by atoms with Gasteiger partial charge in [0.2, 0.25) is 0 Å². The van der Waals surface area contributed by atoms with Gasteiger partial charge in [-0.25, -0.2) is 15.0 Å². The van der Waals surface area contributed by atoms with E-state index in [0.717, 1.165) is 60.7 Å². The Balaban J connectivity index is 1.07. The fourth-order valence-electron chi connectivity index (χ4n) is 11.0. The summed E-state index contributed by atoms with van der Waals surface area (Å²) in [4.78, 5) is 16.4. The minimum atomic E-state index is 0.615. The fraction of sp³-hybridized carbons (Fsp3) is 0. The molecule has 0 aliphatic heterocycles. The van der Waals surface area contributed by atoms with Gasteiger partial charge in [0.1, 0.15) is 0 Å². The molecule has 324 valence electrons. The average Bonchev–Trinajstić information content (AvgIpc) is 3.96. The standard InChI is InChI=1S/C65H38N4S/c1-2-15-39(16-3-1)41-23-14-24-47(31-41)63-66-64(68-65(67-63)56-34-46-22-9-10-25-49(46)51-27-12-13-28-52(51)56)48-37-59(61-53-30-29-40-17-8-11-26-50(40)62(53)70-60(61)38-48)69-57-35-44-20-6-4-18-42(44)32-54(57)55-33-43-19-5-7-21-45(43)36-58(55)69/h1-38H. The lowest BCUT2D eigenvalue weighted by molar-refractivity contribution is 1.08. The maximum Gasteiger partial charge on any atom is 0.164 e. The van der Waals surface area contributed by atoms with Crippen LogP contribution in [0.3, 0.4) is 0 Å². The van der Waals surface area contributed by atoms with Gasteiger partial charge in [0, 0.05) is 47.6 Å². The maximum absolute atomic E-state index is 5.55. The minimum absolute atomic E-state index is 0.615. The molecular formula is C65H38N4S. The van der Waals surface area contributed by atoms with Gasteiger partial charge in [-0.3, -0.25) is 0 Å². The van der Waals surface area contributed by atoms with Gasteiger partial charge in [-0.2, -0.15) is 0 Å². The molecule has 0 aliphatic carbocycles. The highest BCUT2D eigenvalue weighted by atomic mass is 32.1. The number of thiophene rings is 1. The third kappa shape index (κ3) is 6.05. The van der Waals surface area contributed by atoms with Gasteiger partial charge in [0.05, 0.1) is 16.7 Å². The highest BCUT2D eigenvalue weighted by Gasteiger charge is 2.23. The summed E-state index contributed by atoms with van der Waals surface area (Å²) >= 11 is 1.85. The van der Waals surface area contributed by atoms with Gasteiger partial charge >= 0.3 is 0 Å². The summed E-state index contributed by atoms with van der Waals surface area (Å²) in [6.07, 6.45) is 0. The Morgan fingerprint density at radius 3 is 1.56 bits per heavy atom. The SMILES string of the molecule is c1ccc(-c2cccc(-c3nc(-c4cc(-n5c6cc7ccccc7cc6c6cc7ccccc7cc65)c5c(c4)sc4c6ccccc6ccc45)nc(-c4cc5ccccc5c5ccccc45)n3)c2)cc1. The first-order valence-corrected chi connectivity index (χ1v) is 24.6. The topological polar surface area (TPSA) is 43.6 Å². The molecule has 0 amide bonds. The van der Waals surface area contributed by atoms with E-state index in [4.69, 9.17) is 15.0 Å². The molecule has 4 nitrogen and oxygen atoms in total. The molecule has 0 unspecified atom stereocenters. The van der Waals surface area contributed by atoms with Crippen molar-refractivity contribution in [3.63, 3.8) is 0 Å². The molecular weight excluding hydrogens is 869 g/mol. The predicted molar refractivity (Wildman–Crippen MR) is 296 cm³/mol. The van der Waals surface area contributed by atoms with Gasteiger partial charge < -0.3 is 4.57 Å². The van der Waals surface area contributed by atoms with E-state index in [9.17, 15) is 0 Å². The van der Waals surface area contributed by atoms with Crippen molar-refractivity contribution >= 4 is 107 Å². The predicted octanol–water partition coefficient (Wildman–Crippen LogP) is 17.8. The first-order chi connectivity index (χ1) is 34.7. The van der Waals surface area contributed by atoms with Crippen molar-refractivity contribution in [3.8, 4) is 51.0 Å². The van der Waals surface area contributed by atoms with Crippen molar-refractivity contribution in [2.45, 2.75) is 0 Å². The maximum atomic E-state index is 5.55. The number of hydrogen-bond donors (Lipinski definition) is 0. The molecule has 0 saturated heterocycles. The van der Waals surface area contributed by atoms with Crippen molar-refractivity contribution in [2.75, 3.05) is 0 Å². The first-order valence-electron chi connectivity index (χ1n) is 23.7. The van der Waals surface area contributed by atoms with E-state index in [1.54, 1.807) is 0 Å². The van der Waals surface area contributed by atoms with Crippen LogP contribution in [0.2, 0.25) is 0 Å². The molecule has 0 radical (unpaired) electrons. The summed E-state index contributed by atoms with van der Waals surface area (Å²) in [5.74, 6) is 1.86. The monoisotopic (exact) mass is 906 g/mol. The third-order valence-corrected chi connectivity index (χ3v) is 15.5. The van der Waals surface area contributed by atoms with Crippen LogP contribution in [-0.4, -0.2) is 19.5 Å². The molecule has 70 heavy (non-hydrogen) atoms. The molecule has 15 rings (SSSR count). The molecule has 15 aromatic rings. The van der Waals surface area contributed by atoms with Crippen LogP contribution in [0, 0.1) is 0 Å². The molecule has 0 fully saturated rings. The molecule has 0 saturated carbocycles. The van der Waals surface area contributed by atoms with Crippen molar-refractivity contribution in [3.05, 3.63) is 231 Å². The van der Waals surface area contributed by atoms with Crippen LogP contribution in [0.1, 0.15) is 0 Å². The number of fused-ring (bicyclic) bond motifs is 13. The Morgan fingerprint density at radius 1 is 0.300 bits per heavy atom. The van der Waals surface area contributed by atoms with E-state index >= 15 is 0 Å². The Labute approximate surface area is 406 Å². The number of benzene rings is 12. The molecule has 12 aromatic carbocycles. The second-order valence-corrected chi connectivity index (χ2v) is 19.4. The third-order valence-electron chi connectivity index (χ3n) is 14.3. The van der Waals surface area contributed by atoms with Gasteiger partial charge in [-0.1, -0.05) is 182 Å². The summed E-state index contributed by atoms with van der Waals surface area (Å²) in [7, 11) is 0. The van der Waals surface area contributed by atoms with Gasteiger partial charge in [0.15, 0.2) is 17.5 Å². The molecule has 5 heteroatoms. The Morgan fingerprint density at radius 2 is 0.843 bits per heavy atom. The van der Waals surface area contributed by atoms with E-state index in [1.165, 1.54) is 68.6 Å². The zero-order chi connectivity index (χ0) is 45.9. The van der Waals surface area contributed by atoms with Crippen LogP contribution in [0.5, 0.6) is 0 Å². The summed E-state index contributed by atoms with van der Waals surface area (Å²) in [5, 5.41) is 16.8. The number of aromatic nitrogens is 4. The zero-order valence-electron chi connectivity index (χ0n) is 37.6. The van der Waals surface area contributed by atoms with Crippen LogP contribution in [0.15, 0.2) is 231 Å². The van der Waals surface area contributed by atoms with Crippen LogP contribution >= 0.6 is 11.3 Å². The van der Waals surface area contributed by atoms with E-state index in [1.807, 2.05) is 11.3 Å². The Kier molecular flexibility index (Phi) is 8.49. The minimum Gasteiger partial charge on any atom is -0.308 e. The van der Waals surface area contributed by atoms with Crippen molar-refractivity contribution in [1.29, 1.82) is 0 Å². The van der Waals surface area contributed by atoms with Gasteiger partial charge in [0.25, 0.3) is 0 Å². The number of rotatable bonds is 5. The Bertz CT molecular complexity index is 4570. The van der Waals surface area contributed by atoms with Gasteiger partial charge in [-0.15, -0.1) is 11.3 Å². The Hall–Kier alpha value is -9.03. The van der Waals surface area contributed by atoms with Crippen LogP contribution in [0.25, 0.3) is 147 Å². The second-order valence-electron chi connectivity index (χ2n) is 18.3. The molecule has 0 spiro atoms. The molecule has 0 aliphatic rings. The van der Waals surface area contributed by atoms with Gasteiger partial charge in [-0.05, 0) is 114 Å². The van der Waals surface area contributed by atoms with E-state index in [2.05, 4.69) is 235 Å². The number of hydrogen-bond acceptors (Lipinski definition) is 4. The normalized spacial score (nSPS) is 12.0. The largest absolute Gasteiger partial charge is 0.308 e. The van der Waals surface area contributed by atoms with E-state index in [0.29, 0.717) is 17.5 Å². The van der Waals surface area contributed by atoms with Crippen LogP contribution in [-0.2, 0) is 0 Å². The van der Waals surface area contributed by atoms with Crippen molar-refractivity contribution < 1.29 is 0 Å². The molecule has 3 aromatic heterocycles. The quantitative estimate of drug-likeness (QED) is 0.162. The summed E-state index contributed by atoms with van der Waals surface area (Å²) in [5.41, 5.74) is 8.44. The van der Waals surface area contributed by atoms with Crippen molar-refractivity contribution in [1.82, 2.24) is 19.5 Å². The highest BCUT2D eigenvalue weighted by molar-refractivity contribution is 7.26. The van der Waals surface area contributed by atoms with Crippen LogP contribution < -0.4 is 0 Å². The fourth-order valence-corrected chi connectivity index (χ4v) is 12.3. The molecule has 0 N–H and O–H groups in total. The smallest absolute Gasteiger partial charge is 0.164 e. The lowest BCUT2D eigenvalue weighted by Crippen LogP contribution is -2.02. The first kappa shape index (κ1) is 39.0. The lowest BCUT2D eigenvalue weighted by atomic mass is 9.96. The highest BCUT2D eigenvalue weighted by Crippen LogP contribution is 2.46. The molecule has 0 bridgehead atoms. The van der Waals surface area contributed by atoms with E-state index in [-0.39, 0.29) is 0 Å². The average molecular weight is 907 g/mol. The zero-order valence-corrected chi connectivity index (χ0v) is 38.5. The van der Waals surface area contributed by atoms with Crippen molar-refractivity contribution in [2.24, 2.45) is 0 Å².